The van der Waals surface area contributed by atoms with Gasteiger partial charge in [0.05, 0.1) is 23.3 Å². The summed E-state index contributed by atoms with van der Waals surface area (Å²) in [5.41, 5.74) is 5.16. The van der Waals surface area contributed by atoms with Crippen molar-refractivity contribution in [2.24, 2.45) is 0 Å². The predicted octanol–water partition coefficient (Wildman–Crippen LogP) is 5.97. The fourth-order valence-electron chi connectivity index (χ4n) is 4.70. The Labute approximate surface area is 196 Å². The Morgan fingerprint density at radius 1 is 1.09 bits per heavy atom. The molecule has 32 heavy (non-hydrogen) atoms. The van der Waals surface area contributed by atoms with Gasteiger partial charge in [0.1, 0.15) is 17.9 Å². The lowest BCUT2D eigenvalue weighted by Gasteiger charge is -2.27. The van der Waals surface area contributed by atoms with Gasteiger partial charge in [-0.2, -0.15) is 0 Å². The van der Waals surface area contributed by atoms with E-state index >= 15 is 0 Å². The molecule has 2 atom stereocenters. The number of rotatable bonds is 6. The van der Waals surface area contributed by atoms with Crippen molar-refractivity contribution in [3.05, 3.63) is 59.9 Å². The number of hydrogen-bond acceptors (Lipinski definition) is 5. The molecule has 1 fully saturated rings. The number of imidazole rings is 1. The van der Waals surface area contributed by atoms with Gasteiger partial charge in [0, 0.05) is 35.6 Å². The number of nitrogens with zero attached hydrogens (tertiary/aromatic N) is 5. The van der Waals surface area contributed by atoms with Gasteiger partial charge in [0.15, 0.2) is 5.89 Å². The van der Waals surface area contributed by atoms with Gasteiger partial charge >= 0.3 is 0 Å². The van der Waals surface area contributed by atoms with Crippen LogP contribution in [0.4, 0.5) is 5.82 Å². The normalized spacial score (nSPS) is 18.7. The SMILES string of the molecule is CCc1nc(Cn2c(-c3ccc(N4[C@@H](C)CC[C@@H]4C)nc3)nc3cc(CBr)ccc32)co1. The zero-order chi connectivity index (χ0) is 22.2. The molecule has 0 spiro atoms. The van der Waals surface area contributed by atoms with Gasteiger partial charge in [-0.25, -0.2) is 15.0 Å². The van der Waals surface area contributed by atoms with Crippen LogP contribution >= 0.6 is 15.9 Å². The van der Waals surface area contributed by atoms with Gasteiger partial charge in [-0.15, -0.1) is 0 Å². The molecule has 0 saturated carbocycles. The molecule has 4 aromatic rings. The van der Waals surface area contributed by atoms with E-state index in [4.69, 9.17) is 14.4 Å². The Kier molecular flexibility index (Phi) is 5.76. The Balaban J connectivity index is 1.56. The predicted molar refractivity (Wildman–Crippen MR) is 131 cm³/mol. The molecule has 0 unspecified atom stereocenters. The highest BCUT2D eigenvalue weighted by Crippen LogP contribution is 2.31. The Morgan fingerprint density at radius 2 is 1.91 bits per heavy atom. The summed E-state index contributed by atoms with van der Waals surface area (Å²) in [4.78, 5) is 16.9. The highest BCUT2D eigenvalue weighted by Gasteiger charge is 2.28. The first-order valence-corrected chi connectivity index (χ1v) is 12.4. The van der Waals surface area contributed by atoms with E-state index in [0.29, 0.717) is 18.6 Å². The van der Waals surface area contributed by atoms with E-state index in [1.165, 1.54) is 18.4 Å². The number of halogens is 1. The molecule has 1 aliphatic rings. The molecule has 0 amide bonds. The van der Waals surface area contributed by atoms with Crippen LogP contribution in [-0.2, 0) is 18.3 Å². The number of aryl methyl sites for hydroxylation is 1. The second-order valence-electron chi connectivity index (χ2n) is 8.65. The van der Waals surface area contributed by atoms with Crippen molar-refractivity contribution in [1.82, 2.24) is 19.5 Å². The van der Waals surface area contributed by atoms with E-state index in [-0.39, 0.29) is 0 Å². The average molecular weight is 494 g/mol. The molecule has 4 heterocycles. The third-order valence-electron chi connectivity index (χ3n) is 6.41. The Morgan fingerprint density at radius 3 is 2.56 bits per heavy atom. The molecule has 1 aliphatic heterocycles. The smallest absolute Gasteiger partial charge is 0.193 e. The summed E-state index contributed by atoms with van der Waals surface area (Å²) < 4.78 is 7.79. The van der Waals surface area contributed by atoms with Crippen molar-refractivity contribution in [2.75, 3.05) is 4.90 Å². The first-order chi connectivity index (χ1) is 15.6. The van der Waals surface area contributed by atoms with Crippen molar-refractivity contribution in [2.45, 2.75) is 64.0 Å². The topological polar surface area (TPSA) is 60.0 Å². The zero-order valence-electron chi connectivity index (χ0n) is 18.8. The highest BCUT2D eigenvalue weighted by atomic mass is 79.9. The number of anilines is 1. The van der Waals surface area contributed by atoms with Crippen molar-refractivity contribution < 1.29 is 4.42 Å². The lowest BCUT2D eigenvalue weighted by Crippen LogP contribution is -2.33. The maximum absolute atomic E-state index is 5.58. The molecule has 0 N–H and O–H groups in total. The summed E-state index contributed by atoms with van der Waals surface area (Å²) >= 11 is 3.56. The fraction of sp³-hybridized carbons (Fsp3) is 0.400. The second kappa shape index (κ2) is 8.70. The van der Waals surface area contributed by atoms with E-state index in [0.717, 1.165) is 51.6 Å². The molecule has 0 aliphatic carbocycles. The first kappa shape index (κ1) is 21.2. The first-order valence-electron chi connectivity index (χ1n) is 11.3. The van der Waals surface area contributed by atoms with Crippen LogP contribution in [0.25, 0.3) is 22.4 Å². The number of benzene rings is 1. The summed E-state index contributed by atoms with van der Waals surface area (Å²) in [5, 5.41) is 0.802. The van der Waals surface area contributed by atoms with Crippen molar-refractivity contribution in [1.29, 1.82) is 0 Å². The van der Waals surface area contributed by atoms with E-state index < -0.39 is 0 Å². The molecular formula is C25H28BrN5O. The fourth-order valence-corrected chi connectivity index (χ4v) is 5.05. The van der Waals surface area contributed by atoms with Crippen LogP contribution in [0.15, 0.2) is 47.2 Å². The van der Waals surface area contributed by atoms with Gasteiger partial charge in [-0.05, 0) is 56.5 Å². The third-order valence-corrected chi connectivity index (χ3v) is 7.06. The number of pyridine rings is 1. The van der Waals surface area contributed by atoms with E-state index in [1.54, 1.807) is 6.26 Å². The van der Waals surface area contributed by atoms with Gasteiger partial charge in [-0.1, -0.05) is 28.9 Å². The summed E-state index contributed by atoms with van der Waals surface area (Å²) in [7, 11) is 0. The molecule has 1 saturated heterocycles. The van der Waals surface area contributed by atoms with Gasteiger partial charge in [0.25, 0.3) is 0 Å². The maximum Gasteiger partial charge on any atom is 0.193 e. The molecule has 166 valence electrons. The lowest BCUT2D eigenvalue weighted by molar-refractivity contribution is 0.501. The van der Waals surface area contributed by atoms with Gasteiger partial charge in [-0.3, -0.25) is 0 Å². The molecular weight excluding hydrogens is 466 g/mol. The van der Waals surface area contributed by atoms with Crippen molar-refractivity contribution >= 4 is 32.8 Å². The number of aromatic nitrogens is 4. The number of oxazole rings is 1. The van der Waals surface area contributed by atoms with Crippen LogP contribution in [0.1, 0.15) is 50.8 Å². The molecule has 5 rings (SSSR count). The summed E-state index contributed by atoms with van der Waals surface area (Å²) in [6, 6.07) is 11.7. The molecule has 3 aromatic heterocycles. The Hall–Kier alpha value is -2.67. The van der Waals surface area contributed by atoms with Crippen LogP contribution in [-0.4, -0.2) is 31.6 Å². The standard InChI is InChI=1S/C25H28BrN5O/c1-4-24-28-20(15-32-24)14-30-22-9-7-18(12-26)11-21(22)29-25(30)19-8-10-23(27-13-19)31-16(2)5-6-17(31)3/h7-11,13,15-17H,4-6,12,14H2,1-3H3/t16-,17-/m0/s1. The summed E-state index contributed by atoms with van der Waals surface area (Å²) in [5.74, 6) is 2.70. The highest BCUT2D eigenvalue weighted by molar-refractivity contribution is 9.08. The van der Waals surface area contributed by atoms with Crippen LogP contribution in [0.2, 0.25) is 0 Å². The van der Waals surface area contributed by atoms with E-state index in [2.05, 4.69) is 74.6 Å². The minimum Gasteiger partial charge on any atom is -0.449 e. The Bertz CT molecular complexity index is 1220. The third kappa shape index (κ3) is 3.83. The quantitative estimate of drug-likeness (QED) is 0.309. The van der Waals surface area contributed by atoms with Gasteiger partial charge < -0.3 is 13.9 Å². The number of fused-ring (bicyclic) bond motifs is 1. The molecule has 0 radical (unpaired) electrons. The molecule has 7 heteroatoms. The molecule has 1 aromatic carbocycles. The maximum atomic E-state index is 5.58. The van der Waals surface area contributed by atoms with Crippen molar-refractivity contribution in [3.8, 4) is 11.4 Å². The van der Waals surface area contributed by atoms with Crippen LogP contribution in [0, 0.1) is 0 Å². The average Bonchev–Trinajstić information content (AvgIpc) is 3.51. The van der Waals surface area contributed by atoms with Gasteiger partial charge in [0.2, 0.25) is 0 Å². The summed E-state index contributed by atoms with van der Waals surface area (Å²) in [6.45, 7) is 7.21. The largest absolute Gasteiger partial charge is 0.449 e. The number of hydrogen-bond donors (Lipinski definition) is 0. The molecule has 6 nitrogen and oxygen atoms in total. The van der Waals surface area contributed by atoms with Crippen LogP contribution in [0.5, 0.6) is 0 Å². The van der Waals surface area contributed by atoms with Crippen LogP contribution in [0.3, 0.4) is 0 Å². The summed E-state index contributed by atoms with van der Waals surface area (Å²) in [6.07, 6.45) is 6.92. The van der Waals surface area contributed by atoms with Crippen LogP contribution < -0.4 is 4.90 Å². The monoisotopic (exact) mass is 493 g/mol. The second-order valence-corrected chi connectivity index (χ2v) is 9.21. The lowest BCUT2D eigenvalue weighted by atomic mass is 10.2. The minimum absolute atomic E-state index is 0.524. The van der Waals surface area contributed by atoms with Crippen molar-refractivity contribution in [3.63, 3.8) is 0 Å². The number of alkyl halides is 1. The van der Waals surface area contributed by atoms with E-state index in [9.17, 15) is 0 Å². The minimum atomic E-state index is 0.524. The van der Waals surface area contributed by atoms with E-state index in [1.807, 2.05) is 13.1 Å². The zero-order valence-corrected chi connectivity index (χ0v) is 20.3. The molecule has 0 bridgehead atoms.